The van der Waals surface area contributed by atoms with Crippen molar-refractivity contribution in [3.8, 4) is 0 Å². The van der Waals surface area contributed by atoms with E-state index in [0.717, 1.165) is 25.9 Å². The van der Waals surface area contributed by atoms with Crippen molar-refractivity contribution >= 4 is 0 Å². The summed E-state index contributed by atoms with van der Waals surface area (Å²) in [5.74, 6) is 0.574. The Bertz CT molecular complexity index is 134. The minimum absolute atomic E-state index is 0.154. The summed E-state index contributed by atoms with van der Waals surface area (Å²) in [5.41, 5.74) is 0. The average Bonchev–Trinajstić information content (AvgIpc) is 2.15. The molecule has 0 bridgehead atoms. The summed E-state index contributed by atoms with van der Waals surface area (Å²) in [6.07, 6.45) is 6.18. The molecule has 2 atom stereocenters. The van der Waals surface area contributed by atoms with Gasteiger partial charge in [0.2, 0.25) is 0 Å². The largest absolute Gasteiger partial charge is 0.392 e. The first-order chi connectivity index (χ1) is 5.33. The fourth-order valence-corrected chi connectivity index (χ4v) is 1.55. The van der Waals surface area contributed by atoms with Gasteiger partial charge in [-0.15, -0.1) is 0 Å². The molecule has 2 heteroatoms. The Hall–Kier alpha value is -0.340. The first kappa shape index (κ1) is 8.75. The molecule has 0 radical (unpaired) electrons. The first-order valence-electron chi connectivity index (χ1n) is 4.34. The van der Waals surface area contributed by atoms with E-state index < -0.39 is 0 Å². The lowest BCUT2D eigenvalue weighted by atomic mass is 9.99. The van der Waals surface area contributed by atoms with Crippen LogP contribution in [0.4, 0.5) is 0 Å². The van der Waals surface area contributed by atoms with Gasteiger partial charge in [0, 0.05) is 6.54 Å². The van der Waals surface area contributed by atoms with Crippen molar-refractivity contribution in [1.82, 2.24) is 5.32 Å². The number of β-amino-alcohol motifs (C(OH)–C–C–N with tert-alkyl or cyclic N) is 1. The molecule has 0 aromatic rings. The van der Waals surface area contributed by atoms with Gasteiger partial charge in [0.15, 0.2) is 0 Å². The third-order valence-electron chi connectivity index (χ3n) is 2.11. The van der Waals surface area contributed by atoms with Gasteiger partial charge in [-0.2, -0.15) is 0 Å². The summed E-state index contributed by atoms with van der Waals surface area (Å²) in [5, 5.41) is 12.6. The number of aliphatic hydroxyl groups is 1. The minimum atomic E-state index is -0.154. The standard InChI is InChI=1S/C9H17NO/c1-2-3-8-4-5-10-7-9(11)6-8/h2-3,8-11H,4-7H2,1H3. The molecule has 1 saturated heterocycles. The Morgan fingerprint density at radius 1 is 1.55 bits per heavy atom. The second-order valence-electron chi connectivity index (χ2n) is 3.17. The van der Waals surface area contributed by atoms with Crippen molar-refractivity contribution in [2.24, 2.45) is 5.92 Å². The second kappa shape index (κ2) is 4.52. The lowest BCUT2D eigenvalue weighted by Gasteiger charge is -2.10. The third kappa shape index (κ3) is 3.04. The third-order valence-corrected chi connectivity index (χ3v) is 2.11. The highest BCUT2D eigenvalue weighted by molar-refractivity contribution is 4.89. The van der Waals surface area contributed by atoms with Crippen molar-refractivity contribution < 1.29 is 5.11 Å². The maximum absolute atomic E-state index is 9.39. The Labute approximate surface area is 68.3 Å². The second-order valence-corrected chi connectivity index (χ2v) is 3.17. The van der Waals surface area contributed by atoms with Gasteiger partial charge in [-0.25, -0.2) is 0 Å². The highest BCUT2D eigenvalue weighted by atomic mass is 16.3. The van der Waals surface area contributed by atoms with Gasteiger partial charge in [0.25, 0.3) is 0 Å². The normalized spacial score (nSPS) is 34.0. The van der Waals surface area contributed by atoms with E-state index in [-0.39, 0.29) is 6.10 Å². The van der Waals surface area contributed by atoms with E-state index >= 15 is 0 Å². The van der Waals surface area contributed by atoms with Crippen LogP contribution in [0.15, 0.2) is 12.2 Å². The van der Waals surface area contributed by atoms with Gasteiger partial charge < -0.3 is 10.4 Å². The maximum Gasteiger partial charge on any atom is 0.0670 e. The van der Waals surface area contributed by atoms with E-state index in [1.807, 2.05) is 6.92 Å². The molecule has 0 aliphatic carbocycles. The zero-order chi connectivity index (χ0) is 8.10. The van der Waals surface area contributed by atoms with Crippen LogP contribution in [-0.4, -0.2) is 24.3 Å². The molecule has 2 unspecified atom stereocenters. The van der Waals surface area contributed by atoms with Crippen LogP contribution in [0.5, 0.6) is 0 Å². The summed E-state index contributed by atoms with van der Waals surface area (Å²) in [6.45, 7) is 3.82. The molecule has 0 saturated carbocycles. The molecule has 1 rings (SSSR count). The van der Waals surface area contributed by atoms with E-state index in [4.69, 9.17) is 0 Å². The van der Waals surface area contributed by atoms with Crippen molar-refractivity contribution in [3.05, 3.63) is 12.2 Å². The van der Waals surface area contributed by atoms with Gasteiger partial charge in [0.1, 0.15) is 0 Å². The van der Waals surface area contributed by atoms with Crippen LogP contribution >= 0.6 is 0 Å². The highest BCUT2D eigenvalue weighted by Gasteiger charge is 2.14. The number of hydrogen-bond donors (Lipinski definition) is 2. The number of nitrogens with one attached hydrogen (secondary N) is 1. The number of rotatable bonds is 1. The summed E-state index contributed by atoms with van der Waals surface area (Å²) in [7, 11) is 0. The monoisotopic (exact) mass is 155 g/mol. The van der Waals surface area contributed by atoms with Gasteiger partial charge in [-0.05, 0) is 32.2 Å². The Kier molecular flexibility index (Phi) is 3.60. The summed E-state index contributed by atoms with van der Waals surface area (Å²) < 4.78 is 0. The molecule has 1 fully saturated rings. The van der Waals surface area contributed by atoms with Crippen LogP contribution < -0.4 is 5.32 Å². The molecule has 11 heavy (non-hydrogen) atoms. The zero-order valence-corrected chi connectivity index (χ0v) is 7.09. The summed E-state index contributed by atoms with van der Waals surface area (Å²) >= 11 is 0. The van der Waals surface area contributed by atoms with Gasteiger partial charge >= 0.3 is 0 Å². The number of allylic oxidation sites excluding steroid dienone is 2. The molecular weight excluding hydrogens is 138 g/mol. The number of aliphatic hydroxyl groups excluding tert-OH is 1. The molecule has 0 spiro atoms. The van der Waals surface area contributed by atoms with Crippen LogP contribution in [0.1, 0.15) is 19.8 Å². The predicted octanol–water partition coefficient (Wildman–Crippen LogP) is 0.923. The molecule has 0 amide bonds. The van der Waals surface area contributed by atoms with Crippen LogP contribution in [-0.2, 0) is 0 Å². The van der Waals surface area contributed by atoms with Crippen molar-refractivity contribution in [2.75, 3.05) is 13.1 Å². The van der Waals surface area contributed by atoms with Crippen molar-refractivity contribution in [3.63, 3.8) is 0 Å². The van der Waals surface area contributed by atoms with Crippen LogP contribution in [0.3, 0.4) is 0 Å². The fourth-order valence-electron chi connectivity index (χ4n) is 1.55. The number of hydrogen-bond acceptors (Lipinski definition) is 2. The molecule has 2 nitrogen and oxygen atoms in total. The predicted molar refractivity (Wildman–Crippen MR) is 46.4 cm³/mol. The molecule has 1 heterocycles. The summed E-state index contributed by atoms with van der Waals surface area (Å²) in [6, 6.07) is 0. The zero-order valence-electron chi connectivity index (χ0n) is 7.09. The Morgan fingerprint density at radius 2 is 2.36 bits per heavy atom. The first-order valence-corrected chi connectivity index (χ1v) is 4.34. The van der Waals surface area contributed by atoms with Crippen LogP contribution in [0, 0.1) is 5.92 Å². The van der Waals surface area contributed by atoms with E-state index in [9.17, 15) is 5.11 Å². The Morgan fingerprint density at radius 3 is 3.09 bits per heavy atom. The minimum Gasteiger partial charge on any atom is -0.392 e. The molecule has 2 N–H and O–H groups in total. The van der Waals surface area contributed by atoms with E-state index in [2.05, 4.69) is 17.5 Å². The fraction of sp³-hybridized carbons (Fsp3) is 0.778. The van der Waals surface area contributed by atoms with Gasteiger partial charge in [0.05, 0.1) is 6.10 Å². The van der Waals surface area contributed by atoms with E-state index in [1.165, 1.54) is 0 Å². The SMILES string of the molecule is CC=CC1CCNCC(O)C1. The van der Waals surface area contributed by atoms with Gasteiger partial charge in [-0.1, -0.05) is 12.2 Å². The highest BCUT2D eigenvalue weighted by Crippen LogP contribution is 2.14. The van der Waals surface area contributed by atoms with Crippen molar-refractivity contribution in [1.29, 1.82) is 0 Å². The topological polar surface area (TPSA) is 32.3 Å². The molecule has 0 aromatic carbocycles. The Balaban J connectivity index is 2.39. The van der Waals surface area contributed by atoms with E-state index in [1.54, 1.807) is 0 Å². The van der Waals surface area contributed by atoms with Crippen molar-refractivity contribution in [2.45, 2.75) is 25.9 Å². The summed E-state index contributed by atoms with van der Waals surface area (Å²) in [4.78, 5) is 0. The lowest BCUT2D eigenvalue weighted by Crippen LogP contribution is -2.23. The smallest absolute Gasteiger partial charge is 0.0670 e. The molecule has 0 aromatic heterocycles. The van der Waals surface area contributed by atoms with E-state index in [0.29, 0.717) is 5.92 Å². The molecular formula is C9H17NO. The molecule has 64 valence electrons. The molecule has 1 aliphatic heterocycles. The van der Waals surface area contributed by atoms with Crippen LogP contribution in [0.2, 0.25) is 0 Å². The molecule has 1 aliphatic rings. The lowest BCUT2D eigenvalue weighted by molar-refractivity contribution is 0.159. The average molecular weight is 155 g/mol. The quantitative estimate of drug-likeness (QED) is 0.552. The van der Waals surface area contributed by atoms with Crippen LogP contribution in [0.25, 0.3) is 0 Å². The maximum atomic E-state index is 9.39. The van der Waals surface area contributed by atoms with Gasteiger partial charge in [-0.3, -0.25) is 0 Å².